The van der Waals surface area contributed by atoms with E-state index in [0.717, 1.165) is 12.1 Å². The average Bonchev–Trinajstić information content (AvgIpc) is 3.86. The van der Waals surface area contributed by atoms with Crippen LogP contribution in [-0.2, 0) is 30.9 Å². The van der Waals surface area contributed by atoms with E-state index in [0.29, 0.717) is 51.9 Å². The van der Waals surface area contributed by atoms with Crippen molar-refractivity contribution in [2.24, 2.45) is 0 Å². The molecule has 0 amide bonds. The molecule has 0 radical (unpaired) electrons. The van der Waals surface area contributed by atoms with E-state index in [9.17, 15) is 63.2 Å². The summed E-state index contributed by atoms with van der Waals surface area (Å²) in [6, 6.07) is 31.4. The van der Waals surface area contributed by atoms with Crippen molar-refractivity contribution in [2.45, 2.75) is 30.9 Å². The van der Waals surface area contributed by atoms with Crippen LogP contribution in [0, 0.1) is 22.7 Å². The maximum Gasteiger partial charge on any atom is 0.417 e. The normalized spacial score (nSPS) is 12.8. The number of rotatable bonds is 5. The van der Waals surface area contributed by atoms with Gasteiger partial charge in [0.15, 0.2) is 0 Å². The van der Waals surface area contributed by atoms with Crippen LogP contribution >= 0.6 is 0 Å². The fraction of sp³-hybridized carbons (Fsp3) is 0.0909. The number of hydrogen-bond donors (Lipinski definition) is 0. The lowest BCUT2D eigenvalue weighted by molar-refractivity contribution is -0.144. The second kappa shape index (κ2) is 16.9. The first-order chi connectivity index (χ1) is 34.8. The van der Waals surface area contributed by atoms with Gasteiger partial charge in [-0.1, -0.05) is 78.9 Å². The largest absolute Gasteiger partial charge is 0.417 e. The number of alkyl halides is 15. The third kappa shape index (κ3) is 8.27. The third-order valence-corrected chi connectivity index (χ3v) is 12.7. The van der Waals surface area contributed by atoms with Crippen LogP contribution < -0.4 is 0 Å². The Bertz CT molecular complexity index is 4040. The Labute approximate surface area is 406 Å². The van der Waals surface area contributed by atoms with E-state index in [-0.39, 0.29) is 62.3 Å². The molecule has 2 heterocycles. The smallest absolute Gasteiger partial charge is 0.307 e. The van der Waals surface area contributed by atoms with Crippen molar-refractivity contribution in [2.75, 3.05) is 0 Å². The lowest BCUT2D eigenvalue weighted by atomic mass is 9.92. The molecule has 19 heteroatoms. The van der Waals surface area contributed by atoms with Crippen LogP contribution in [0.25, 0.3) is 88.4 Å². The molecule has 0 aliphatic carbocycles. The van der Waals surface area contributed by atoms with E-state index in [4.69, 9.17) is 0 Å². The van der Waals surface area contributed by atoms with Crippen LogP contribution in [0.3, 0.4) is 0 Å². The average molecular weight is 1030 g/mol. The highest BCUT2D eigenvalue weighted by molar-refractivity contribution is 6.13. The van der Waals surface area contributed by atoms with Crippen molar-refractivity contribution in [3.05, 3.63) is 191 Å². The van der Waals surface area contributed by atoms with Crippen LogP contribution in [0.5, 0.6) is 0 Å². The highest BCUT2D eigenvalue weighted by Crippen LogP contribution is 2.48. The molecule has 8 aromatic carbocycles. The molecule has 0 N–H and O–H groups in total. The van der Waals surface area contributed by atoms with Crippen molar-refractivity contribution in [1.82, 2.24) is 9.13 Å². The fourth-order valence-electron chi connectivity index (χ4n) is 9.54. The highest BCUT2D eigenvalue weighted by atomic mass is 19.4. The molecule has 0 atom stereocenters. The van der Waals surface area contributed by atoms with Gasteiger partial charge in [0, 0.05) is 27.1 Å². The first-order valence-corrected chi connectivity index (χ1v) is 21.6. The summed E-state index contributed by atoms with van der Waals surface area (Å²) in [5.41, 5.74) is -10.8. The molecular formula is C55H25F15N4. The zero-order valence-electron chi connectivity index (χ0n) is 36.9. The number of halogens is 15. The van der Waals surface area contributed by atoms with Crippen molar-refractivity contribution in [3.63, 3.8) is 0 Å². The lowest BCUT2D eigenvalue weighted by Crippen LogP contribution is -2.12. The van der Waals surface area contributed by atoms with E-state index < -0.39 is 86.5 Å². The Morgan fingerprint density at radius 1 is 0.324 bits per heavy atom. The third-order valence-electron chi connectivity index (χ3n) is 12.7. The monoisotopic (exact) mass is 1030 g/mol. The molecule has 0 fully saturated rings. The predicted molar refractivity (Wildman–Crippen MR) is 246 cm³/mol. The molecule has 4 nitrogen and oxygen atoms in total. The number of benzene rings is 8. The summed E-state index contributed by atoms with van der Waals surface area (Å²) in [7, 11) is 0. The first kappa shape index (κ1) is 48.9. The minimum Gasteiger partial charge on any atom is -0.307 e. The Kier molecular flexibility index (Phi) is 11.2. The summed E-state index contributed by atoms with van der Waals surface area (Å²) in [6.07, 6.45) is -26.1. The Morgan fingerprint density at radius 3 is 1.15 bits per heavy atom. The van der Waals surface area contributed by atoms with Gasteiger partial charge in [0.25, 0.3) is 0 Å². The molecule has 10 aromatic rings. The minimum atomic E-state index is -5.32. The quantitative estimate of drug-likeness (QED) is 0.161. The molecule has 370 valence electrons. The Hall–Kier alpha value is -8.71. The second-order valence-electron chi connectivity index (χ2n) is 17.0. The Balaban J connectivity index is 1.36. The summed E-state index contributed by atoms with van der Waals surface area (Å²) < 4.78 is 219. The molecule has 0 spiro atoms. The van der Waals surface area contributed by atoms with Crippen LogP contribution in [0.1, 0.15) is 38.9 Å². The van der Waals surface area contributed by atoms with Gasteiger partial charge in [-0.15, -0.1) is 0 Å². The number of nitrogens with zero attached hydrogens (tertiary/aromatic N) is 4. The van der Waals surface area contributed by atoms with Crippen molar-refractivity contribution in [3.8, 4) is 56.9 Å². The SMILES string of the molecule is N#Cc1ccc(-c2cc(-n3c4ccccc4c4ccc(-c5ccc(C(F)(F)F)cc5C(F)(F)F)cc43)c(-n3c4ccccc4c4ccc(-c5ccc(C(F)(F)F)cc5C(F)(F)F)cc43)cc2C#N)c(C(F)(F)F)c1. The van der Waals surface area contributed by atoms with Crippen LogP contribution in [0.2, 0.25) is 0 Å². The molecule has 2 aromatic heterocycles. The molecule has 0 unspecified atom stereocenters. The Morgan fingerprint density at radius 2 is 0.730 bits per heavy atom. The maximum atomic E-state index is 15.0. The summed E-state index contributed by atoms with van der Waals surface area (Å²) in [5, 5.41) is 21.9. The van der Waals surface area contributed by atoms with E-state index in [1.54, 1.807) is 54.6 Å². The van der Waals surface area contributed by atoms with Crippen molar-refractivity contribution < 1.29 is 65.9 Å². The summed E-state index contributed by atoms with van der Waals surface area (Å²) in [4.78, 5) is 0. The minimum absolute atomic E-state index is 0.0255. The van der Waals surface area contributed by atoms with E-state index in [2.05, 4.69) is 0 Å². The van der Waals surface area contributed by atoms with Gasteiger partial charge in [0.2, 0.25) is 0 Å². The zero-order chi connectivity index (χ0) is 53.0. The first-order valence-electron chi connectivity index (χ1n) is 21.6. The topological polar surface area (TPSA) is 57.4 Å². The van der Waals surface area contributed by atoms with E-state index >= 15 is 13.2 Å². The highest BCUT2D eigenvalue weighted by Gasteiger charge is 2.41. The summed E-state index contributed by atoms with van der Waals surface area (Å²) in [5.74, 6) is 0. The van der Waals surface area contributed by atoms with Gasteiger partial charge in [-0.2, -0.15) is 76.4 Å². The summed E-state index contributed by atoms with van der Waals surface area (Å²) in [6.45, 7) is 0. The van der Waals surface area contributed by atoms with Gasteiger partial charge >= 0.3 is 30.9 Å². The molecule has 0 saturated carbocycles. The van der Waals surface area contributed by atoms with Crippen LogP contribution in [-0.4, -0.2) is 9.13 Å². The number of para-hydroxylation sites is 2. The molecule has 0 saturated heterocycles. The van der Waals surface area contributed by atoms with Crippen molar-refractivity contribution in [1.29, 1.82) is 10.5 Å². The van der Waals surface area contributed by atoms with Gasteiger partial charge in [0.1, 0.15) is 0 Å². The van der Waals surface area contributed by atoms with E-state index in [1.807, 2.05) is 6.07 Å². The molecular weight excluding hydrogens is 1000 g/mol. The lowest BCUT2D eigenvalue weighted by Gasteiger charge is -2.21. The molecule has 0 aliphatic heterocycles. The number of aromatic nitrogens is 2. The number of hydrogen-bond acceptors (Lipinski definition) is 2. The second-order valence-corrected chi connectivity index (χ2v) is 17.0. The van der Waals surface area contributed by atoms with Crippen LogP contribution in [0.4, 0.5) is 65.9 Å². The standard InChI is InChI=1S/C55H25F15N4/c56-51(57,58)32-12-17-34(43(23-32)54(65,66)67)29-10-15-39-37-5-1-3-7-45(37)73(47(39)20-29)49-22-31(27-72)41(36-14-9-28(26-71)19-42(36)53(62,63)64)25-50(49)74-46-8-4-2-6-38(46)40-16-11-30(21-48(40)74)35-18-13-33(52(59,60)61)24-44(35)55(68,69)70/h1-25H. The van der Waals surface area contributed by atoms with Gasteiger partial charge in [-0.25, -0.2) is 0 Å². The van der Waals surface area contributed by atoms with Crippen LogP contribution in [0.15, 0.2) is 152 Å². The van der Waals surface area contributed by atoms with Gasteiger partial charge in [0.05, 0.1) is 84.5 Å². The maximum absolute atomic E-state index is 15.0. The van der Waals surface area contributed by atoms with E-state index in [1.165, 1.54) is 57.7 Å². The zero-order valence-corrected chi connectivity index (χ0v) is 36.9. The van der Waals surface area contributed by atoms with Crippen molar-refractivity contribution >= 4 is 43.6 Å². The van der Waals surface area contributed by atoms with Gasteiger partial charge < -0.3 is 9.13 Å². The van der Waals surface area contributed by atoms with Gasteiger partial charge in [-0.3, -0.25) is 0 Å². The molecule has 74 heavy (non-hydrogen) atoms. The number of fused-ring (bicyclic) bond motifs is 6. The molecule has 0 aliphatic rings. The van der Waals surface area contributed by atoms with Gasteiger partial charge in [-0.05, 0) is 101 Å². The fourth-order valence-corrected chi connectivity index (χ4v) is 9.54. The summed E-state index contributed by atoms with van der Waals surface area (Å²) >= 11 is 0. The number of nitriles is 2. The molecule has 10 rings (SSSR count). The molecule has 0 bridgehead atoms. The predicted octanol–water partition coefficient (Wildman–Crippen LogP) is 17.7.